The highest BCUT2D eigenvalue weighted by molar-refractivity contribution is 7.14. The third kappa shape index (κ3) is 4.56. The summed E-state index contributed by atoms with van der Waals surface area (Å²) in [5.74, 6) is -0.328. The maximum atomic E-state index is 13.4. The smallest absolute Gasteiger partial charge is 0.233 e. The van der Waals surface area contributed by atoms with Crippen LogP contribution in [0.4, 0.5) is 9.52 Å². The van der Waals surface area contributed by atoms with Gasteiger partial charge in [-0.3, -0.25) is 14.4 Å². The standard InChI is InChI=1S/C24H23FN4OS/c1-16-21(17(2)28(3)27-16)13-23(30)29(14-18-7-5-4-6-8-18)24-26-22(15-31-24)19-9-11-20(25)12-10-19/h4-12,15H,13-14H2,1-3H3. The van der Waals surface area contributed by atoms with Gasteiger partial charge < -0.3 is 0 Å². The minimum atomic E-state index is -0.290. The van der Waals surface area contributed by atoms with Gasteiger partial charge in [0.05, 0.1) is 24.4 Å². The molecule has 0 saturated carbocycles. The molecule has 0 radical (unpaired) electrons. The van der Waals surface area contributed by atoms with Crippen LogP contribution in [0.5, 0.6) is 0 Å². The Kier molecular flexibility index (Phi) is 5.95. The first-order chi connectivity index (χ1) is 14.9. The van der Waals surface area contributed by atoms with Gasteiger partial charge in [-0.25, -0.2) is 9.37 Å². The Morgan fingerprint density at radius 2 is 1.81 bits per heavy atom. The first kappa shape index (κ1) is 20.9. The summed E-state index contributed by atoms with van der Waals surface area (Å²) in [5, 5.41) is 6.95. The van der Waals surface area contributed by atoms with Gasteiger partial charge in [-0.15, -0.1) is 11.3 Å². The molecule has 2 aromatic heterocycles. The van der Waals surface area contributed by atoms with E-state index in [1.807, 2.05) is 56.6 Å². The van der Waals surface area contributed by atoms with Crippen molar-refractivity contribution in [2.75, 3.05) is 4.90 Å². The predicted octanol–water partition coefficient (Wildman–Crippen LogP) is 5.08. The van der Waals surface area contributed by atoms with Crippen LogP contribution in [0.3, 0.4) is 0 Å². The van der Waals surface area contributed by atoms with E-state index in [-0.39, 0.29) is 18.1 Å². The van der Waals surface area contributed by atoms with Crippen molar-refractivity contribution in [2.45, 2.75) is 26.8 Å². The molecule has 0 fully saturated rings. The van der Waals surface area contributed by atoms with Gasteiger partial charge in [-0.05, 0) is 43.7 Å². The molecule has 158 valence electrons. The highest BCUT2D eigenvalue weighted by Gasteiger charge is 2.23. The summed E-state index contributed by atoms with van der Waals surface area (Å²) in [6.45, 7) is 4.32. The lowest BCUT2D eigenvalue weighted by atomic mass is 10.1. The topological polar surface area (TPSA) is 51.0 Å². The monoisotopic (exact) mass is 434 g/mol. The average Bonchev–Trinajstić information content (AvgIpc) is 3.34. The number of hydrogen-bond acceptors (Lipinski definition) is 4. The largest absolute Gasteiger partial charge is 0.283 e. The quantitative estimate of drug-likeness (QED) is 0.425. The van der Waals surface area contributed by atoms with Crippen molar-refractivity contribution in [3.63, 3.8) is 0 Å². The second-order valence-electron chi connectivity index (χ2n) is 7.44. The van der Waals surface area contributed by atoms with E-state index in [0.29, 0.717) is 11.7 Å². The van der Waals surface area contributed by atoms with Crippen LogP contribution < -0.4 is 4.90 Å². The lowest BCUT2D eigenvalue weighted by molar-refractivity contribution is -0.118. The number of aromatic nitrogens is 3. The van der Waals surface area contributed by atoms with Gasteiger partial charge in [0, 0.05) is 29.2 Å². The Labute approximate surface area is 184 Å². The molecular formula is C24H23FN4OS. The Balaban J connectivity index is 1.66. The second kappa shape index (κ2) is 8.81. The molecule has 0 aliphatic rings. The number of aryl methyl sites for hydroxylation is 2. The molecule has 4 rings (SSSR count). The number of hydrogen-bond donors (Lipinski definition) is 0. The predicted molar refractivity (Wildman–Crippen MR) is 122 cm³/mol. The first-order valence-corrected chi connectivity index (χ1v) is 10.8. The highest BCUT2D eigenvalue weighted by Crippen LogP contribution is 2.29. The molecule has 1 amide bonds. The van der Waals surface area contributed by atoms with Crippen molar-refractivity contribution in [1.82, 2.24) is 14.8 Å². The molecule has 7 heteroatoms. The third-order valence-electron chi connectivity index (χ3n) is 5.33. The normalized spacial score (nSPS) is 11.0. The zero-order chi connectivity index (χ0) is 22.0. The van der Waals surface area contributed by atoms with Gasteiger partial charge >= 0.3 is 0 Å². The second-order valence-corrected chi connectivity index (χ2v) is 8.27. The molecule has 0 unspecified atom stereocenters. The Bertz CT molecular complexity index is 1200. The average molecular weight is 435 g/mol. The van der Waals surface area contributed by atoms with Gasteiger partial charge in [0.2, 0.25) is 5.91 Å². The number of amides is 1. The Morgan fingerprint density at radius 1 is 1.10 bits per heavy atom. The van der Waals surface area contributed by atoms with E-state index < -0.39 is 0 Å². The molecule has 0 saturated heterocycles. The van der Waals surface area contributed by atoms with Crippen molar-refractivity contribution in [3.05, 3.63) is 88.3 Å². The summed E-state index contributed by atoms with van der Waals surface area (Å²) in [6, 6.07) is 16.1. The number of carbonyl (C=O) groups excluding carboxylic acids is 1. The lowest BCUT2D eigenvalue weighted by Gasteiger charge is -2.20. The number of rotatable bonds is 6. The molecule has 0 aliphatic carbocycles. The Hall–Kier alpha value is -3.32. The zero-order valence-electron chi connectivity index (χ0n) is 17.7. The van der Waals surface area contributed by atoms with Crippen LogP contribution >= 0.6 is 11.3 Å². The minimum absolute atomic E-state index is 0.0388. The molecule has 2 heterocycles. The van der Waals surface area contributed by atoms with Gasteiger partial charge in [0.25, 0.3) is 0 Å². The van der Waals surface area contributed by atoms with Crippen LogP contribution in [-0.2, 0) is 24.8 Å². The molecule has 31 heavy (non-hydrogen) atoms. The van der Waals surface area contributed by atoms with Crippen LogP contribution in [-0.4, -0.2) is 20.7 Å². The van der Waals surface area contributed by atoms with E-state index >= 15 is 0 Å². The summed E-state index contributed by atoms with van der Waals surface area (Å²) < 4.78 is 15.1. The molecule has 0 aliphatic heterocycles. The van der Waals surface area contributed by atoms with Gasteiger partial charge in [-0.2, -0.15) is 5.10 Å². The number of thiazole rings is 1. The van der Waals surface area contributed by atoms with Crippen LogP contribution in [0.15, 0.2) is 60.0 Å². The fourth-order valence-corrected chi connectivity index (χ4v) is 4.34. The van der Waals surface area contributed by atoms with Gasteiger partial charge in [0.1, 0.15) is 5.82 Å². The Morgan fingerprint density at radius 3 is 2.45 bits per heavy atom. The molecular weight excluding hydrogens is 411 g/mol. The molecule has 5 nitrogen and oxygen atoms in total. The van der Waals surface area contributed by atoms with E-state index in [9.17, 15) is 9.18 Å². The first-order valence-electron chi connectivity index (χ1n) is 9.97. The third-order valence-corrected chi connectivity index (χ3v) is 6.20. The van der Waals surface area contributed by atoms with Gasteiger partial charge in [0.15, 0.2) is 5.13 Å². The summed E-state index contributed by atoms with van der Waals surface area (Å²) in [5.41, 5.74) is 5.35. The highest BCUT2D eigenvalue weighted by atomic mass is 32.1. The summed E-state index contributed by atoms with van der Waals surface area (Å²) in [4.78, 5) is 19.8. The molecule has 0 N–H and O–H groups in total. The maximum Gasteiger partial charge on any atom is 0.233 e. The van der Waals surface area contributed by atoms with E-state index in [1.165, 1.54) is 23.5 Å². The van der Waals surface area contributed by atoms with E-state index in [2.05, 4.69) is 5.10 Å². The molecule has 2 aromatic carbocycles. The zero-order valence-corrected chi connectivity index (χ0v) is 18.5. The van der Waals surface area contributed by atoms with Crippen LogP contribution in [0.1, 0.15) is 22.5 Å². The summed E-state index contributed by atoms with van der Waals surface area (Å²) in [7, 11) is 1.88. The fourth-order valence-electron chi connectivity index (χ4n) is 3.49. The molecule has 0 bridgehead atoms. The number of halogens is 1. The lowest BCUT2D eigenvalue weighted by Crippen LogP contribution is -2.32. The van der Waals surface area contributed by atoms with Crippen molar-refractivity contribution < 1.29 is 9.18 Å². The van der Waals surface area contributed by atoms with Crippen molar-refractivity contribution in [2.24, 2.45) is 7.05 Å². The minimum Gasteiger partial charge on any atom is -0.283 e. The van der Waals surface area contributed by atoms with Crippen LogP contribution in [0, 0.1) is 19.7 Å². The van der Waals surface area contributed by atoms with Crippen molar-refractivity contribution in [1.29, 1.82) is 0 Å². The van der Waals surface area contributed by atoms with E-state index in [0.717, 1.165) is 33.8 Å². The number of nitrogens with zero attached hydrogens (tertiary/aromatic N) is 4. The van der Waals surface area contributed by atoms with E-state index in [1.54, 1.807) is 21.7 Å². The van der Waals surface area contributed by atoms with Crippen LogP contribution in [0.25, 0.3) is 11.3 Å². The molecule has 0 spiro atoms. The molecule has 0 atom stereocenters. The number of benzene rings is 2. The van der Waals surface area contributed by atoms with E-state index in [4.69, 9.17) is 4.98 Å². The number of anilines is 1. The fraction of sp³-hybridized carbons (Fsp3) is 0.208. The SMILES string of the molecule is Cc1nn(C)c(C)c1CC(=O)N(Cc1ccccc1)c1nc(-c2ccc(F)cc2)cs1. The summed E-state index contributed by atoms with van der Waals surface area (Å²) >= 11 is 1.41. The molecule has 4 aromatic rings. The maximum absolute atomic E-state index is 13.4. The van der Waals surface area contributed by atoms with Gasteiger partial charge in [-0.1, -0.05) is 30.3 Å². The number of carbonyl (C=O) groups is 1. The van der Waals surface area contributed by atoms with Crippen molar-refractivity contribution >= 4 is 22.4 Å². The van der Waals surface area contributed by atoms with Crippen molar-refractivity contribution in [3.8, 4) is 11.3 Å². The summed E-state index contributed by atoms with van der Waals surface area (Å²) in [6.07, 6.45) is 0.254. The van der Waals surface area contributed by atoms with Crippen LogP contribution in [0.2, 0.25) is 0 Å².